The summed E-state index contributed by atoms with van der Waals surface area (Å²) in [6, 6.07) is 0. The van der Waals surface area contributed by atoms with E-state index < -0.39 is 0 Å². The van der Waals surface area contributed by atoms with Gasteiger partial charge in [-0.3, -0.25) is 0 Å². The molecule has 0 heterocycles. The molecule has 2 N–H and O–H groups in total. The molecular formula is C12H18O2. The van der Waals surface area contributed by atoms with Crippen LogP contribution < -0.4 is 0 Å². The lowest BCUT2D eigenvalue weighted by Crippen LogP contribution is -2.42. The van der Waals surface area contributed by atoms with E-state index in [-0.39, 0.29) is 24.0 Å². The lowest BCUT2D eigenvalue weighted by Gasteiger charge is -2.41. The van der Waals surface area contributed by atoms with Crippen LogP contribution in [0.4, 0.5) is 0 Å². The minimum absolute atomic E-state index is 0.193. The Bertz CT molecular complexity index is 280. The Labute approximate surface area is 85.0 Å². The standard InChI is InChI=1S/C12H18O2/c1-7-5-8(2)12-9(6-7)10(13)3-4-11(12)14/h3-5,8-14H,6H2,1-2H3. The van der Waals surface area contributed by atoms with E-state index in [4.69, 9.17) is 0 Å². The van der Waals surface area contributed by atoms with E-state index in [1.54, 1.807) is 12.2 Å². The molecule has 0 aliphatic heterocycles. The number of aliphatic hydroxyl groups is 2. The maximum atomic E-state index is 9.85. The molecule has 2 aliphatic carbocycles. The molecule has 2 heteroatoms. The van der Waals surface area contributed by atoms with E-state index in [1.165, 1.54) is 5.57 Å². The van der Waals surface area contributed by atoms with E-state index in [0.29, 0.717) is 5.92 Å². The highest BCUT2D eigenvalue weighted by atomic mass is 16.3. The van der Waals surface area contributed by atoms with E-state index in [9.17, 15) is 10.2 Å². The van der Waals surface area contributed by atoms with Crippen molar-refractivity contribution >= 4 is 0 Å². The van der Waals surface area contributed by atoms with Gasteiger partial charge in [0.1, 0.15) is 0 Å². The van der Waals surface area contributed by atoms with E-state index >= 15 is 0 Å². The quantitative estimate of drug-likeness (QED) is 0.574. The summed E-state index contributed by atoms with van der Waals surface area (Å²) in [6.07, 6.45) is 5.83. The molecule has 0 fully saturated rings. The summed E-state index contributed by atoms with van der Waals surface area (Å²) < 4.78 is 0. The normalized spacial score (nSPS) is 47.1. The van der Waals surface area contributed by atoms with Gasteiger partial charge in [-0.15, -0.1) is 0 Å². The number of fused-ring (bicyclic) bond motifs is 1. The molecule has 0 aromatic rings. The molecule has 5 unspecified atom stereocenters. The summed E-state index contributed by atoms with van der Waals surface area (Å²) in [4.78, 5) is 0. The predicted molar refractivity (Wildman–Crippen MR) is 55.7 cm³/mol. The first kappa shape index (κ1) is 9.94. The maximum absolute atomic E-state index is 9.85. The minimum atomic E-state index is -0.386. The summed E-state index contributed by atoms with van der Waals surface area (Å²) in [6.45, 7) is 4.22. The monoisotopic (exact) mass is 194 g/mol. The molecule has 0 aromatic heterocycles. The van der Waals surface area contributed by atoms with Crippen molar-refractivity contribution in [2.24, 2.45) is 17.8 Å². The van der Waals surface area contributed by atoms with Crippen molar-refractivity contribution in [1.29, 1.82) is 0 Å². The zero-order valence-corrected chi connectivity index (χ0v) is 8.72. The first-order valence-corrected chi connectivity index (χ1v) is 5.31. The number of aliphatic hydroxyl groups excluding tert-OH is 2. The summed E-state index contributed by atoms with van der Waals surface area (Å²) in [7, 11) is 0. The third-order valence-electron chi connectivity index (χ3n) is 3.55. The fourth-order valence-electron chi connectivity index (χ4n) is 2.94. The van der Waals surface area contributed by atoms with Crippen LogP contribution in [-0.2, 0) is 0 Å². The van der Waals surface area contributed by atoms with Crippen LogP contribution in [0.15, 0.2) is 23.8 Å². The smallest absolute Gasteiger partial charge is 0.0759 e. The lowest BCUT2D eigenvalue weighted by atomic mass is 9.67. The summed E-state index contributed by atoms with van der Waals surface area (Å²) in [5.41, 5.74) is 1.33. The van der Waals surface area contributed by atoms with Gasteiger partial charge in [-0.2, -0.15) is 0 Å². The zero-order chi connectivity index (χ0) is 10.3. The van der Waals surface area contributed by atoms with Crippen molar-refractivity contribution < 1.29 is 10.2 Å². The molecule has 14 heavy (non-hydrogen) atoms. The largest absolute Gasteiger partial charge is 0.389 e. The molecule has 0 saturated heterocycles. The van der Waals surface area contributed by atoms with Crippen molar-refractivity contribution in [3.63, 3.8) is 0 Å². The maximum Gasteiger partial charge on any atom is 0.0759 e. The van der Waals surface area contributed by atoms with Crippen LogP contribution in [0.2, 0.25) is 0 Å². The van der Waals surface area contributed by atoms with Crippen LogP contribution in [0.3, 0.4) is 0 Å². The van der Waals surface area contributed by atoms with Crippen molar-refractivity contribution in [3.8, 4) is 0 Å². The third-order valence-corrected chi connectivity index (χ3v) is 3.55. The van der Waals surface area contributed by atoms with Crippen LogP contribution in [-0.4, -0.2) is 22.4 Å². The number of hydrogen-bond donors (Lipinski definition) is 2. The molecule has 0 saturated carbocycles. The van der Waals surface area contributed by atoms with Gasteiger partial charge in [0.2, 0.25) is 0 Å². The SMILES string of the molecule is CC1=CC(C)C2C(O)C=CC(O)C2C1. The van der Waals surface area contributed by atoms with Gasteiger partial charge < -0.3 is 10.2 Å². The molecule has 0 amide bonds. The van der Waals surface area contributed by atoms with Crippen molar-refractivity contribution in [2.45, 2.75) is 32.5 Å². The first-order valence-electron chi connectivity index (χ1n) is 5.31. The van der Waals surface area contributed by atoms with Gasteiger partial charge in [-0.1, -0.05) is 30.7 Å². The summed E-state index contributed by atoms with van der Waals surface area (Å²) in [5, 5.41) is 19.7. The molecule has 5 atom stereocenters. The van der Waals surface area contributed by atoms with Gasteiger partial charge >= 0.3 is 0 Å². The van der Waals surface area contributed by atoms with Gasteiger partial charge in [0.15, 0.2) is 0 Å². The van der Waals surface area contributed by atoms with Crippen LogP contribution >= 0.6 is 0 Å². The van der Waals surface area contributed by atoms with Gasteiger partial charge in [-0.05, 0) is 25.2 Å². The average molecular weight is 194 g/mol. The second-order valence-electron chi connectivity index (χ2n) is 4.68. The van der Waals surface area contributed by atoms with Crippen molar-refractivity contribution in [2.75, 3.05) is 0 Å². The van der Waals surface area contributed by atoms with E-state index in [0.717, 1.165) is 6.42 Å². The Morgan fingerprint density at radius 1 is 1.21 bits per heavy atom. The second kappa shape index (κ2) is 3.52. The van der Waals surface area contributed by atoms with Gasteiger partial charge in [0.05, 0.1) is 12.2 Å². The second-order valence-corrected chi connectivity index (χ2v) is 4.68. The first-order chi connectivity index (χ1) is 6.59. The Balaban J connectivity index is 2.29. The molecule has 2 rings (SSSR count). The van der Waals surface area contributed by atoms with Crippen LogP contribution in [0.5, 0.6) is 0 Å². The molecule has 0 radical (unpaired) electrons. The van der Waals surface area contributed by atoms with Crippen LogP contribution in [0.1, 0.15) is 20.3 Å². The summed E-state index contributed by atoms with van der Waals surface area (Å²) >= 11 is 0. The highest BCUT2D eigenvalue weighted by Gasteiger charge is 2.39. The number of allylic oxidation sites excluding steroid dienone is 2. The Morgan fingerprint density at radius 3 is 2.57 bits per heavy atom. The Morgan fingerprint density at radius 2 is 1.86 bits per heavy atom. The highest BCUT2D eigenvalue weighted by molar-refractivity contribution is 5.17. The van der Waals surface area contributed by atoms with Gasteiger partial charge in [-0.25, -0.2) is 0 Å². The van der Waals surface area contributed by atoms with Gasteiger partial charge in [0, 0.05) is 5.92 Å². The summed E-state index contributed by atoms with van der Waals surface area (Å²) in [5.74, 6) is 0.761. The number of hydrogen-bond acceptors (Lipinski definition) is 2. The fourth-order valence-corrected chi connectivity index (χ4v) is 2.94. The van der Waals surface area contributed by atoms with E-state index in [2.05, 4.69) is 19.9 Å². The molecule has 2 nitrogen and oxygen atoms in total. The highest BCUT2D eigenvalue weighted by Crippen LogP contribution is 2.40. The Hall–Kier alpha value is -0.600. The zero-order valence-electron chi connectivity index (χ0n) is 8.72. The molecule has 2 aliphatic rings. The molecule has 0 spiro atoms. The van der Waals surface area contributed by atoms with Crippen molar-refractivity contribution in [1.82, 2.24) is 0 Å². The molecule has 0 bridgehead atoms. The lowest BCUT2D eigenvalue weighted by molar-refractivity contribution is 0.0106. The molecular weight excluding hydrogens is 176 g/mol. The Kier molecular flexibility index (Phi) is 2.50. The van der Waals surface area contributed by atoms with E-state index in [1.807, 2.05) is 0 Å². The van der Waals surface area contributed by atoms with Crippen LogP contribution in [0.25, 0.3) is 0 Å². The third kappa shape index (κ3) is 1.53. The van der Waals surface area contributed by atoms with Crippen molar-refractivity contribution in [3.05, 3.63) is 23.8 Å². The van der Waals surface area contributed by atoms with Gasteiger partial charge in [0.25, 0.3) is 0 Å². The van der Waals surface area contributed by atoms with Crippen LogP contribution in [0, 0.1) is 17.8 Å². The minimum Gasteiger partial charge on any atom is -0.389 e. The number of rotatable bonds is 0. The predicted octanol–water partition coefficient (Wildman–Crippen LogP) is 1.50. The average Bonchev–Trinajstić information content (AvgIpc) is 2.10. The fraction of sp³-hybridized carbons (Fsp3) is 0.667. The topological polar surface area (TPSA) is 40.5 Å². The molecule has 78 valence electrons. The molecule has 0 aromatic carbocycles.